The summed E-state index contributed by atoms with van der Waals surface area (Å²) < 4.78 is 50.9. The summed E-state index contributed by atoms with van der Waals surface area (Å²) in [7, 11) is 0. The smallest absolute Gasteiger partial charge is 0.433 e. The predicted molar refractivity (Wildman–Crippen MR) is 130 cm³/mol. The van der Waals surface area contributed by atoms with Crippen LogP contribution in [0.3, 0.4) is 0 Å². The molecule has 1 fully saturated rings. The SMILES string of the molecule is Cc1ccc(NC(=O)c2ccnc(C(F)(F)F)c2)cc1-c1ccc2c(c1)OC1(CCOCC1)CC(=O)N2. The number of nitrogens with zero attached hydrogens (tertiary/aromatic N) is 1. The van der Waals surface area contributed by atoms with Crippen LogP contribution in [-0.4, -0.2) is 35.6 Å². The van der Waals surface area contributed by atoms with E-state index in [-0.39, 0.29) is 17.9 Å². The molecule has 37 heavy (non-hydrogen) atoms. The van der Waals surface area contributed by atoms with E-state index in [9.17, 15) is 22.8 Å². The number of hydrogen-bond donors (Lipinski definition) is 2. The number of fused-ring (bicyclic) bond motifs is 1. The Balaban J connectivity index is 1.43. The third-order valence-electron chi connectivity index (χ3n) is 6.59. The quantitative estimate of drug-likeness (QED) is 0.478. The van der Waals surface area contributed by atoms with Gasteiger partial charge in [-0.25, -0.2) is 0 Å². The molecule has 2 aromatic carbocycles. The van der Waals surface area contributed by atoms with Crippen molar-refractivity contribution in [2.75, 3.05) is 23.8 Å². The van der Waals surface area contributed by atoms with E-state index < -0.39 is 23.4 Å². The minimum Gasteiger partial charge on any atom is -0.484 e. The molecule has 1 saturated heterocycles. The average Bonchev–Trinajstić information content (AvgIpc) is 2.99. The monoisotopic (exact) mass is 511 g/mol. The third-order valence-corrected chi connectivity index (χ3v) is 6.59. The number of amides is 2. The Labute approximate surface area is 211 Å². The van der Waals surface area contributed by atoms with Gasteiger partial charge in [-0.3, -0.25) is 14.6 Å². The minimum absolute atomic E-state index is 0.112. The summed E-state index contributed by atoms with van der Waals surface area (Å²) in [5.41, 5.74) is 1.60. The van der Waals surface area contributed by atoms with Crippen LogP contribution in [0.2, 0.25) is 0 Å². The van der Waals surface area contributed by atoms with Crippen molar-refractivity contribution in [2.45, 2.75) is 38.0 Å². The van der Waals surface area contributed by atoms with Crippen molar-refractivity contribution < 1.29 is 32.2 Å². The number of benzene rings is 2. The largest absolute Gasteiger partial charge is 0.484 e. The molecule has 5 rings (SSSR count). The van der Waals surface area contributed by atoms with Crippen molar-refractivity contribution in [3.8, 4) is 16.9 Å². The van der Waals surface area contributed by atoms with Gasteiger partial charge >= 0.3 is 6.18 Å². The first kappa shape index (κ1) is 24.8. The normalized spacial score (nSPS) is 16.8. The Bertz CT molecular complexity index is 1370. The number of carbonyl (C=O) groups excluding carboxylic acids is 2. The van der Waals surface area contributed by atoms with Crippen molar-refractivity contribution in [3.05, 3.63) is 71.5 Å². The summed E-state index contributed by atoms with van der Waals surface area (Å²) in [5, 5.41) is 5.57. The van der Waals surface area contributed by atoms with Gasteiger partial charge in [0.2, 0.25) is 5.91 Å². The fourth-order valence-corrected chi connectivity index (χ4v) is 4.60. The third kappa shape index (κ3) is 5.29. The van der Waals surface area contributed by atoms with Gasteiger partial charge < -0.3 is 20.1 Å². The zero-order valence-electron chi connectivity index (χ0n) is 19.9. The van der Waals surface area contributed by atoms with Crippen LogP contribution in [0.5, 0.6) is 5.75 Å². The standard InChI is InChI=1S/C27H24F3N3O4/c1-16-2-4-19(32-25(35)18-6-9-31-23(13-18)27(28,29)30)14-20(16)17-3-5-21-22(12-17)37-26(15-24(34)33-21)7-10-36-11-8-26/h2-6,9,12-14H,7-8,10-11,15H2,1H3,(H,32,35)(H,33,34). The van der Waals surface area contributed by atoms with Gasteiger partial charge in [-0.15, -0.1) is 0 Å². The number of pyridine rings is 1. The molecule has 7 nitrogen and oxygen atoms in total. The van der Waals surface area contributed by atoms with Crippen LogP contribution < -0.4 is 15.4 Å². The molecule has 2 aliphatic heterocycles. The zero-order chi connectivity index (χ0) is 26.2. The fraction of sp³-hybridized carbons (Fsp3) is 0.296. The molecule has 192 valence electrons. The highest BCUT2D eigenvalue weighted by molar-refractivity contribution is 6.04. The molecule has 0 radical (unpaired) electrons. The number of ether oxygens (including phenoxy) is 2. The van der Waals surface area contributed by atoms with E-state index in [0.29, 0.717) is 49.2 Å². The molecule has 3 aromatic rings. The summed E-state index contributed by atoms with van der Waals surface area (Å²) in [5.74, 6) is -0.244. The Kier molecular flexibility index (Phi) is 6.36. The van der Waals surface area contributed by atoms with Crippen molar-refractivity contribution >= 4 is 23.2 Å². The Morgan fingerprint density at radius 2 is 1.86 bits per heavy atom. The van der Waals surface area contributed by atoms with E-state index >= 15 is 0 Å². The number of rotatable bonds is 3. The summed E-state index contributed by atoms with van der Waals surface area (Å²) in [4.78, 5) is 28.5. The second-order valence-electron chi connectivity index (χ2n) is 9.24. The van der Waals surface area contributed by atoms with Gasteiger partial charge in [0.1, 0.15) is 17.0 Å². The highest BCUT2D eigenvalue weighted by atomic mass is 19.4. The molecule has 0 unspecified atom stereocenters. The van der Waals surface area contributed by atoms with Gasteiger partial charge in [0.25, 0.3) is 5.91 Å². The molecule has 2 amide bonds. The topological polar surface area (TPSA) is 89.6 Å². The van der Waals surface area contributed by atoms with Gasteiger partial charge in [0, 0.05) is 30.3 Å². The number of carbonyl (C=O) groups is 2. The molecule has 0 atom stereocenters. The minimum atomic E-state index is -4.65. The van der Waals surface area contributed by atoms with Crippen LogP contribution in [0.25, 0.3) is 11.1 Å². The van der Waals surface area contributed by atoms with Crippen LogP contribution in [0.1, 0.15) is 40.9 Å². The number of nitrogens with one attached hydrogen (secondary N) is 2. The number of aryl methyl sites for hydroxylation is 1. The maximum absolute atomic E-state index is 13.0. The highest BCUT2D eigenvalue weighted by Gasteiger charge is 2.40. The van der Waals surface area contributed by atoms with Crippen molar-refractivity contribution in [1.82, 2.24) is 4.98 Å². The number of aromatic nitrogens is 1. The zero-order valence-corrected chi connectivity index (χ0v) is 19.9. The van der Waals surface area contributed by atoms with E-state index in [1.54, 1.807) is 18.2 Å². The molecular formula is C27H24F3N3O4. The van der Waals surface area contributed by atoms with E-state index in [0.717, 1.165) is 22.9 Å². The summed E-state index contributed by atoms with van der Waals surface area (Å²) in [6.07, 6.45) is -2.24. The predicted octanol–water partition coefficient (Wildman–Crippen LogP) is 5.60. The van der Waals surface area contributed by atoms with Crippen LogP contribution in [0, 0.1) is 6.92 Å². The first-order valence-electron chi connectivity index (χ1n) is 11.8. The Morgan fingerprint density at radius 1 is 1.08 bits per heavy atom. The summed E-state index contributed by atoms with van der Waals surface area (Å²) >= 11 is 0. The van der Waals surface area contributed by atoms with E-state index in [4.69, 9.17) is 9.47 Å². The molecular weight excluding hydrogens is 487 g/mol. The van der Waals surface area contributed by atoms with Gasteiger partial charge in [-0.2, -0.15) is 13.2 Å². The van der Waals surface area contributed by atoms with Crippen molar-refractivity contribution in [1.29, 1.82) is 0 Å². The Hall–Kier alpha value is -3.92. The molecule has 3 heterocycles. The van der Waals surface area contributed by atoms with E-state index in [2.05, 4.69) is 15.6 Å². The molecule has 2 aliphatic rings. The van der Waals surface area contributed by atoms with Gasteiger partial charge in [0.05, 0.1) is 25.3 Å². The van der Waals surface area contributed by atoms with Crippen LogP contribution >= 0.6 is 0 Å². The molecule has 2 N–H and O–H groups in total. The lowest BCUT2D eigenvalue weighted by Gasteiger charge is -2.35. The van der Waals surface area contributed by atoms with Crippen molar-refractivity contribution in [3.63, 3.8) is 0 Å². The van der Waals surface area contributed by atoms with Crippen LogP contribution in [0.4, 0.5) is 24.5 Å². The molecule has 0 saturated carbocycles. The number of alkyl halides is 3. The lowest BCUT2D eigenvalue weighted by atomic mass is 9.90. The number of halogens is 3. The maximum atomic E-state index is 13.0. The molecule has 0 bridgehead atoms. The van der Waals surface area contributed by atoms with Gasteiger partial charge in [0.15, 0.2) is 0 Å². The first-order chi connectivity index (χ1) is 17.6. The van der Waals surface area contributed by atoms with Gasteiger partial charge in [-0.1, -0.05) is 12.1 Å². The molecule has 1 aromatic heterocycles. The van der Waals surface area contributed by atoms with E-state index in [1.165, 1.54) is 6.07 Å². The second-order valence-corrected chi connectivity index (χ2v) is 9.24. The van der Waals surface area contributed by atoms with Gasteiger partial charge in [-0.05, 0) is 60.0 Å². The van der Waals surface area contributed by atoms with Crippen molar-refractivity contribution in [2.24, 2.45) is 0 Å². The Morgan fingerprint density at radius 3 is 2.62 bits per heavy atom. The van der Waals surface area contributed by atoms with Crippen LogP contribution in [-0.2, 0) is 15.7 Å². The number of hydrogen-bond acceptors (Lipinski definition) is 5. The maximum Gasteiger partial charge on any atom is 0.433 e. The van der Waals surface area contributed by atoms with Crippen LogP contribution in [0.15, 0.2) is 54.7 Å². The average molecular weight is 512 g/mol. The molecule has 1 spiro atoms. The summed E-state index contributed by atoms with van der Waals surface area (Å²) in [6, 6.07) is 12.7. The summed E-state index contributed by atoms with van der Waals surface area (Å²) in [6.45, 7) is 2.95. The second kappa shape index (κ2) is 9.51. The first-order valence-corrected chi connectivity index (χ1v) is 11.8. The molecule has 10 heteroatoms. The number of anilines is 2. The lowest BCUT2D eigenvalue weighted by Crippen LogP contribution is -2.43. The molecule has 0 aliphatic carbocycles. The lowest BCUT2D eigenvalue weighted by molar-refractivity contribution is -0.141. The van der Waals surface area contributed by atoms with E-state index in [1.807, 2.05) is 25.1 Å². The fourth-order valence-electron chi connectivity index (χ4n) is 4.60. The highest BCUT2D eigenvalue weighted by Crippen LogP contribution is 2.41.